The van der Waals surface area contributed by atoms with Crippen molar-refractivity contribution in [1.29, 1.82) is 0 Å². The normalized spacial score (nSPS) is 19.9. The molecule has 0 amide bonds. The molecule has 14 heavy (non-hydrogen) atoms. The number of hydrogen-bond acceptors (Lipinski definition) is 0. The third-order valence-corrected chi connectivity index (χ3v) is 3.38. The van der Waals surface area contributed by atoms with Crippen molar-refractivity contribution >= 4 is 11.6 Å². The van der Waals surface area contributed by atoms with E-state index >= 15 is 0 Å². The van der Waals surface area contributed by atoms with Crippen LogP contribution in [0.5, 0.6) is 0 Å². The Kier molecular flexibility index (Phi) is 3.12. The first-order valence-corrected chi connectivity index (χ1v) is 5.74. The van der Waals surface area contributed by atoms with Gasteiger partial charge in [0.15, 0.2) is 0 Å². The largest absolute Gasteiger partial charge is 0.0843 e. The smallest absolute Gasteiger partial charge is 0.0406 e. The molecule has 0 saturated heterocycles. The van der Waals surface area contributed by atoms with E-state index in [9.17, 15) is 0 Å². The van der Waals surface area contributed by atoms with E-state index in [1.165, 1.54) is 31.2 Å². The van der Waals surface area contributed by atoms with Crippen molar-refractivity contribution in [2.75, 3.05) is 0 Å². The predicted octanol–water partition coefficient (Wildman–Crippen LogP) is 4.47. The Morgan fingerprint density at radius 2 is 1.64 bits per heavy atom. The molecule has 1 heteroatoms. The van der Waals surface area contributed by atoms with E-state index in [0.717, 1.165) is 10.9 Å². The van der Waals surface area contributed by atoms with E-state index in [4.69, 9.17) is 11.6 Å². The maximum absolute atomic E-state index is 5.86. The molecule has 1 aliphatic rings. The molecule has 0 nitrogen and oxygen atoms in total. The van der Waals surface area contributed by atoms with Gasteiger partial charge in [0, 0.05) is 10.9 Å². The number of benzene rings is 1. The van der Waals surface area contributed by atoms with E-state index < -0.39 is 0 Å². The van der Waals surface area contributed by atoms with Crippen molar-refractivity contribution in [2.45, 2.75) is 32.6 Å². The van der Waals surface area contributed by atoms with E-state index in [0.29, 0.717) is 0 Å². The first-order valence-electron chi connectivity index (χ1n) is 5.36. The summed E-state index contributed by atoms with van der Waals surface area (Å²) in [4.78, 5) is 0. The molecule has 1 saturated carbocycles. The van der Waals surface area contributed by atoms with Gasteiger partial charge in [0.2, 0.25) is 0 Å². The fourth-order valence-electron chi connectivity index (χ4n) is 2.08. The molecule has 0 unspecified atom stereocenters. The second-order valence-corrected chi connectivity index (χ2v) is 4.73. The zero-order chi connectivity index (χ0) is 9.97. The monoisotopic (exact) mass is 207 g/mol. The second kappa shape index (κ2) is 4.35. The topological polar surface area (TPSA) is 0 Å². The molecule has 0 aliphatic heterocycles. The Bertz CT molecular complexity index is 281. The van der Waals surface area contributed by atoms with Gasteiger partial charge in [-0.1, -0.05) is 30.7 Å². The Balaban J connectivity index is 2.05. The van der Waals surface area contributed by atoms with Crippen LogP contribution >= 0.6 is 11.6 Å². The van der Waals surface area contributed by atoms with Crippen LogP contribution in [0.15, 0.2) is 24.3 Å². The molecular formula is C13H16Cl. The lowest BCUT2D eigenvalue weighted by atomic mass is 9.79. The minimum Gasteiger partial charge on any atom is -0.0843 e. The van der Waals surface area contributed by atoms with Gasteiger partial charge in [0.25, 0.3) is 0 Å². The van der Waals surface area contributed by atoms with E-state index in [-0.39, 0.29) is 0 Å². The van der Waals surface area contributed by atoms with Crippen molar-refractivity contribution in [2.24, 2.45) is 5.92 Å². The summed E-state index contributed by atoms with van der Waals surface area (Å²) in [5.41, 5.74) is 1.39. The third kappa shape index (κ3) is 2.30. The minimum absolute atomic E-state index is 0.832. The van der Waals surface area contributed by atoms with Crippen LogP contribution in [0, 0.1) is 11.8 Å². The van der Waals surface area contributed by atoms with Crippen molar-refractivity contribution in [1.82, 2.24) is 0 Å². The van der Waals surface area contributed by atoms with Gasteiger partial charge in [-0.05, 0) is 49.3 Å². The van der Waals surface area contributed by atoms with Crippen LogP contribution in [-0.4, -0.2) is 0 Å². The molecular weight excluding hydrogens is 192 g/mol. The highest BCUT2D eigenvalue weighted by Crippen LogP contribution is 2.34. The summed E-state index contributed by atoms with van der Waals surface area (Å²) >= 11 is 5.86. The Labute approximate surface area is 91.3 Å². The summed E-state index contributed by atoms with van der Waals surface area (Å²) in [5, 5.41) is 0.832. The average Bonchev–Trinajstić information content (AvgIpc) is 2.21. The minimum atomic E-state index is 0.832. The predicted molar refractivity (Wildman–Crippen MR) is 61.4 cm³/mol. The Morgan fingerprint density at radius 3 is 2.21 bits per heavy atom. The van der Waals surface area contributed by atoms with Crippen LogP contribution in [0.1, 0.15) is 38.2 Å². The third-order valence-electron chi connectivity index (χ3n) is 3.13. The first kappa shape index (κ1) is 10.0. The van der Waals surface area contributed by atoms with Gasteiger partial charge < -0.3 is 0 Å². The van der Waals surface area contributed by atoms with Gasteiger partial charge in [-0.2, -0.15) is 0 Å². The molecule has 2 rings (SSSR count). The molecule has 0 N–H and O–H groups in total. The fraction of sp³-hybridized carbons (Fsp3) is 0.462. The van der Waals surface area contributed by atoms with E-state index in [1.807, 2.05) is 12.1 Å². The van der Waals surface area contributed by atoms with Crippen LogP contribution in [0.4, 0.5) is 0 Å². The Hall–Kier alpha value is -0.490. The average molecular weight is 208 g/mol. The molecule has 1 fully saturated rings. The van der Waals surface area contributed by atoms with Crippen molar-refractivity contribution < 1.29 is 0 Å². The van der Waals surface area contributed by atoms with Crippen LogP contribution < -0.4 is 0 Å². The molecule has 1 aromatic rings. The maximum atomic E-state index is 5.86. The van der Waals surface area contributed by atoms with Gasteiger partial charge in [0.1, 0.15) is 0 Å². The van der Waals surface area contributed by atoms with Gasteiger partial charge in [0.05, 0.1) is 0 Å². The quantitative estimate of drug-likeness (QED) is 0.637. The van der Waals surface area contributed by atoms with Crippen LogP contribution in [0.25, 0.3) is 0 Å². The molecule has 75 valence electrons. The molecule has 0 bridgehead atoms. The molecule has 0 atom stereocenters. The molecule has 0 heterocycles. The van der Waals surface area contributed by atoms with Gasteiger partial charge in [-0.3, -0.25) is 0 Å². The number of hydrogen-bond donors (Lipinski definition) is 0. The van der Waals surface area contributed by atoms with Crippen molar-refractivity contribution in [3.63, 3.8) is 0 Å². The molecule has 1 aromatic carbocycles. The fourth-order valence-corrected chi connectivity index (χ4v) is 2.21. The summed E-state index contributed by atoms with van der Waals surface area (Å²) in [6, 6.07) is 8.27. The van der Waals surface area contributed by atoms with E-state index in [1.54, 1.807) is 5.92 Å². The van der Waals surface area contributed by atoms with Crippen LogP contribution in [-0.2, 0) is 0 Å². The SMILES string of the molecule is CC1CC[C](c2ccc(Cl)cc2)CC1. The number of halogens is 1. The lowest BCUT2D eigenvalue weighted by Gasteiger charge is -2.25. The maximum Gasteiger partial charge on any atom is 0.0406 e. The van der Waals surface area contributed by atoms with E-state index in [2.05, 4.69) is 19.1 Å². The lowest BCUT2D eigenvalue weighted by molar-refractivity contribution is 0.416. The summed E-state index contributed by atoms with van der Waals surface area (Å²) in [6.45, 7) is 2.35. The van der Waals surface area contributed by atoms with Gasteiger partial charge in [-0.25, -0.2) is 0 Å². The summed E-state index contributed by atoms with van der Waals surface area (Å²) < 4.78 is 0. The first-order chi connectivity index (χ1) is 6.75. The lowest BCUT2D eigenvalue weighted by Crippen LogP contribution is -2.11. The Morgan fingerprint density at radius 1 is 1.07 bits per heavy atom. The zero-order valence-corrected chi connectivity index (χ0v) is 9.35. The summed E-state index contributed by atoms with van der Waals surface area (Å²) in [6.07, 6.45) is 5.22. The van der Waals surface area contributed by atoms with Gasteiger partial charge in [-0.15, -0.1) is 0 Å². The molecule has 0 aromatic heterocycles. The van der Waals surface area contributed by atoms with Crippen molar-refractivity contribution in [3.8, 4) is 0 Å². The highest BCUT2D eigenvalue weighted by atomic mass is 35.5. The number of rotatable bonds is 1. The molecule has 1 aliphatic carbocycles. The van der Waals surface area contributed by atoms with Crippen LogP contribution in [0.3, 0.4) is 0 Å². The highest BCUT2D eigenvalue weighted by molar-refractivity contribution is 6.30. The summed E-state index contributed by atoms with van der Waals surface area (Å²) in [7, 11) is 0. The van der Waals surface area contributed by atoms with Crippen molar-refractivity contribution in [3.05, 3.63) is 40.8 Å². The summed E-state index contributed by atoms with van der Waals surface area (Å²) in [5.74, 6) is 2.52. The van der Waals surface area contributed by atoms with Gasteiger partial charge >= 0.3 is 0 Å². The van der Waals surface area contributed by atoms with Crippen LogP contribution in [0.2, 0.25) is 5.02 Å². The highest BCUT2D eigenvalue weighted by Gasteiger charge is 2.19. The second-order valence-electron chi connectivity index (χ2n) is 4.29. The standard InChI is InChI=1S/C13H16Cl/c1-10-2-4-11(5-3-10)12-6-8-13(14)9-7-12/h6-10H,2-5H2,1H3. The molecule has 1 radical (unpaired) electrons. The molecule has 0 spiro atoms. The zero-order valence-electron chi connectivity index (χ0n) is 8.59.